The highest BCUT2D eigenvalue weighted by molar-refractivity contribution is 6.36. The van der Waals surface area contributed by atoms with E-state index in [1.807, 2.05) is 0 Å². The fourth-order valence-corrected chi connectivity index (χ4v) is 1.62. The van der Waals surface area contributed by atoms with Crippen LogP contribution in [0.3, 0.4) is 0 Å². The van der Waals surface area contributed by atoms with Crippen molar-refractivity contribution in [2.24, 2.45) is 10.9 Å². The SMILES string of the molecule is CCOC(=O)/C(CCCC(N)(CC)CC)=N/O. The van der Waals surface area contributed by atoms with Crippen molar-refractivity contribution in [2.45, 2.75) is 58.4 Å². The lowest BCUT2D eigenvalue weighted by atomic mass is 9.88. The summed E-state index contributed by atoms with van der Waals surface area (Å²) < 4.78 is 4.77. The molecule has 0 radical (unpaired) electrons. The van der Waals surface area contributed by atoms with Crippen LogP contribution in [0.2, 0.25) is 0 Å². The zero-order valence-corrected chi connectivity index (χ0v) is 11.0. The largest absolute Gasteiger partial charge is 0.461 e. The zero-order valence-electron chi connectivity index (χ0n) is 11.0. The molecule has 0 aliphatic carbocycles. The van der Waals surface area contributed by atoms with Crippen LogP contribution in [0.1, 0.15) is 52.9 Å². The average molecular weight is 244 g/mol. The van der Waals surface area contributed by atoms with Gasteiger partial charge in [0.2, 0.25) is 0 Å². The molecule has 5 heteroatoms. The number of rotatable bonds is 8. The van der Waals surface area contributed by atoms with E-state index in [1.165, 1.54) is 0 Å². The first-order chi connectivity index (χ1) is 8.02. The van der Waals surface area contributed by atoms with Crippen molar-refractivity contribution in [1.82, 2.24) is 0 Å². The summed E-state index contributed by atoms with van der Waals surface area (Å²) in [4.78, 5) is 11.3. The number of carbonyl (C=O) groups is 1. The van der Waals surface area contributed by atoms with E-state index in [1.54, 1.807) is 6.92 Å². The van der Waals surface area contributed by atoms with Crippen LogP contribution in [0.25, 0.3) is 0 Å². The van der Waals surface area contributed by atoms with Crippen molar-refractivity contribution in [3.8, 4) is 0 Å². The van der Waals surface area contributed by atoms with Crippen molar-refractivity contribution in [3.05, 3.63) is 0 Å². The van der Waals surface area contributed by atoms with Gasteiger partial charge in [-0.1, -0.05) is 19.0 Å². The summed E-state index contributed by atoms with van der Waals surface area (Å²) in [7, 11) is 0. The molecule has 0 spiro atoms. The summed E-state index contributed by atoms with van der Waals surface area (Å²) in [6.07, 6.45) is 3.71. The minimum absolute atomic E-state index is 0.0707. The maximum Gasteiger partial charge on any atom is 0.356 e. The van der Waals surface area contributed by atoms with Gasteiger partial charge in [0.1, 0.15) is 0 Å². The molecule has 0 fully saturated rings. The predicted octanol–water partition coefficient (Wildman–Crippen LogP) is 2.07. The Morgan fingerprint density at radius 3 is 2.35 bits per heavy atom. The van der Waals surface area contributed by atoms with Gasteiger partial charge in [0.25, 0.3) is 0 Å². The summed E-state index contributed by atoms with van der Waals surface area (Å²) >= 11 is 0. The lowest BCUT2D eigenvalue weighted by molar-refractivity contribution is -0.135. The maximum atomic E-state index is 11.3. The van der Waals surface area contributed by atoms with Crippen LogP contribution in [0.15, 0.2) is 5.16 Å². The number of carbonyl (C=O) groups excluding carboxylic acids is 1. The van der Waals surface area contributed by atoms with Crippen LogP contribution >= 0.6 is 0 Å². The molecule has 0 saturated heterocycles. The Bertz CT molecular complexity index is 260. The van der Waals surface area contributed by atoms with Crippen LogP contribution in [-0.2, 0) is 9.53 Å². The van der Waals surface area contributed by atoms with Crippen LogP contribution < -0.4 is 5.73 Å². The van der Waals surface area contributed by atoms with E-state index in [9.17, 15) is 4.79 Å². The number of nitrogens with zero attached hydrogens (tertiary/aromatic N) is 1. The first-order valence-corrected chi connectivity index (χ1v) is 6.19. The summed E-state index contributed by atoms with van der Waals surface area (Å²) in [6.45, 7) is 6.10. The van der Waals surface area contributed by atoms with Gasteiger partial charge in [0.15, 0.2) is 5.71 Å². The fraction of sp³-hybridized carbons (Fsp3) is 0.833. The molecule has 0 saturated carbocycles. The average Bonchev–Trinajstić information content (AvgIpc) is 2.34. The molecule has 0 bridgehead atoms. The molecule has 0 aliphatic rings. The Labute approximate surface area is 103 Å². The smallest absolute Gasteiger partial charge is 0.356 e. The van der Waals surface area contributed by atoms with Gasteiger partial charge in [-0.2, -0.15) is 0 Å². The molecule has 0 amide bonds. The lowest BCUT2D eigenvalue weighted by Gasteiger charge is -2.26. The Hall–Kier alpha value is -1.10. The Morgan fingerprint density at radius 1 is 1.35 bits per heavy atom. The molecule has 0 unspecified atom stereocenters. The molecule has 0 aliphatic heterocycles. The summed E-state index contributed by atoms with van der Waals surface area (Å²) in [5.74, 6) is -0.550. The third-order valence-electron chi connectivity index (χ3n) is 3.13. The molecule has 3 N–H and O–H groups in total. The highest BCUT2D eigenvalue weighted by atomic mass is 16.5. The standard InChI is InChI=1S/C12H24N2O3/c1-4-12(13,5-2)9-7-8-10(14-16)11(15)17-6-3/h16H,4-9,13H2,1-3H3/b14-10+. The lowest BCUT2D eigenvalue weighted by Crippen LogP contribution is -2.38. The van der Waals surface area contributed by atoms with Gasteiger partial charge >= 0.3 is 5.97 Å². The predicted molar refractivity (Wildman–Crippen MR) is 67.2 cm³/mol. The fourth-order valence-electron chi connectivity index (χ4n) is 1.62. The van der Waals surface area contributed by atoms with Crippen LogP contribution in [0, 0.1) is 0 Å². The van der Waals surface area contributed by atoms with Gasteiger partial charge in [-0.05, 0) is 32.6 Å². The molecule has 0 aromatic carbocycles. The quantitative estimate of drug-likeness (QED) is 0.296. The Morgan fingerprint density at radius 2 is 1.94 bits per heavy atom. The van der Waals surface area contributed by atoms with E-state index in [0.29, 0.717) is 6.42 Å². The number of hydrogen-bond donors (Lipinski definition) is 2. The number of oxime groups is 1. The number of ether oxygens (including phenoxy) is 1. The van der Waals surface area contributed by atoms with E-state index in [0.717, 1.165) is 25.7 Å². The van der Waals surface area contributed by atoms with E-state index in [-0.39, 0.29) is 17.9 Å². The second-order valence-corrected chi connectivity index (χ2v) is 4.19. The first kappa shape index (κ1) is 15.9. The molecule has 0 heterocycles. The molecule has 0 atom stereocenters. The second kappa shape index (κ2) is 8.06. The molecule has 100 valence electrons. The van der Waals surface area contributed by atoms with Gasteiger partial charge in [0.05, 0.1) is 6.61 Å². The highest BCUT2D eigenvalue weighted by Crippen LogP contribution is 2.19. The van der Waals surface area contributed by atoms with E-state index in [2.05, 4.69) is 19.0 Å². The monoisotopic (exact) mass is 244 g/mol. The van der Waals surface area contributed by atoms with Gasteiger partial charge in [-0.3, -0.25) is 0 Å². The summed E-state index contributed by atoms with van der Waals surface area (Å²) in [5.41, 5.74) is 6.03. The van der Waals surface area contributed by atoms with E-state index < -0.39 is 5.97 Å². The molecule has 5 nitrogen and oxygen atoms in total. The van der Waals surface area contributed by atoms with E-state index >= 15 is 0 Å². The van der Waals surface area contributed by atoms with Crippen molar-refractivity contribution in [3.63, 3.8) is 0 Å². The third-order valence-corrected chi connectivity index (χ3v) is 3.13. The maximum absolute atomic E-state index is 11.3. The normalized spacial score (nSPS) is 12.6. The van der Waals surface area contributed by atoms with Gasteiger partial charge in [0, 0.05) is 12.0 Å². The van der Waals surface area contributed by atoms with E-state index in [4.69, 9.17) is 15.7 Å². The van der Waals surface area contributed by atoms with Crippen LogP contribution in [0.5, 0.6) is 0 Å². The molecule has 0 rings (SSSR count). The van der Waals surface area contributed by atoms with Crippen molar-refractivity contribution >= 4 is 11.7 Å². The second-order valence-electron chi connectivity index (χ2n) is 4.19. The van der Waals surface area contributed by atoms with Crippen LogP contribution in [0.4, 0.5) is 0 Å². The summed E-state index contributed by atoms with van der Waals surface area (Å²) in [6, 6.07) is 0. The Balaban J connectivity index is 4.14. The number of hydrogen-bond acceptors (Lipinski definition) is 5. The molecular formula is C12H24N2O3. The van der Waals surface area contributed by atoms with Crippen molar-refractivity contribution in [2.75, 3.05) is 6.61 Å². The highest BCUT2D eigenvalue weighted by Gasteiger charge is 2.21. The Kier molecular flexibility index (Phi) is 7.54. The van der Waals surface area contributed by atoms with Crippen LogP contribution in [-0.4, -0.2) is 29.0 Å². The minimum Gasteiger partial charge on any atom is -0.461 e. The topological polar surface area (TPSA) is 84.9 Å². The number of nitrogens with two attached hydrogens (primary N) is 1. The molecular weight excluding hydrogens is 220 g/mol. The molecule has 17 heavy (non-hydrogen) atoms. The van der Waals surface area contributed by atoms with Crippen molar-refractivity contribution < 1.29 is 14.7 Å². The van der Waals surface area contributed by atoms with Gasteiger partial charge < -0.3 is 15.7 Å². The zero-order chi connectivity index (χ0) is 13.3. The molecule has 0 aromatic heterocycles. The van der Waals surface area contributed by atoms with Gasteiger partial charge in [-0.25, -0.2) is 4.79 Å². The third kappa shape index (κ3) is 5.68. The summed E-state index contributed by atoms with van der Waals surface area (Å²) in [5, 5.41) is 11.7. The minimum atomic E-state index is -0.550. The molecule has 0 aromatic rings. The van der Waals surface area contributed by atoms with Gasteiger partial charge in [-0.15, -0.1) is 0 Å². The number of esters is 1. The van der Waals surface area contributed by atoms with Crippen molar-refractivity contribution in [1.29, 1.82) is 0 Å². The first-order valence-electron chi connectivity index (χ1n) is 6.19.